The van der Waals surface area contributed by atoms with Crippen LogP contribution in [-0.2, 0) is 37.9 Å². The van der Waals surface area contributed by atoms with Crippen molar-refractivity contribution < 1.29 is 42.7 Å². The third kappa shape index (κ3) is 22.7. The van der Waals surface area contributed by atoms with Crippen LogP contribution in [0.25, 0.3) is 0 Å². The van der Waals surface area contributed by atoms with Crippen molar-refractivity contribution >= 4 is 11.7 Å². The third-order valence-corrected chi connectivity index (χ3v) is 5.17. The van der Waals surface area contributed by atoms with E-state index < -0.39 is 0 Å². The van der Waals surface area contributed by atoms with E-state index in [0.717, 1.165) is 31.6 Å². The second-order valence-electron chi connectivity index (χ2n) is 8.38. The zero-order chi connectivity index (χ0) is 28.1. The van der Waals surface area contributed by atoms with Gasteiger partial charge in [0.2, 0.25) is 0 Å². The summed E-state index contributed by atoms with van der Waals surface area (Å²) in [5, 5.41) is 6.33. The van der Waals surface area contributed by atoms with Gasteiger partial charge in [0.25, 0.3) is 0 Å². The Morgan fingerprint density at radius 2 is 1.00 bits per heavy atom. The van der Waals surface area contributed by atoms with E-state index in [2.05, 4.69) is 17.6 Å². The van der Waals surface area contributed by atoms with E-state index in [1.165, 1.54) is 0 Å². The van der Waals surface area contributed by atoms with E-state index >= 15 is 0 Å². The number of esters is 1. The summed E-state index contributed by atoms with van der Waals surface area (Å²) in [5.41, 5.74) is 1.52. The van der Waals surface area contributed by atoms with E-state index in [9.17, 15) is 4.79 Å². The predicted molar refractivity (Wildman–Crippen MR) is 150 cm³/mol. The number of ether oxygens (including phenoxy) is 8. The van der Waals surface area contributed by atoms with Gasteiger partial charge in [0.15, 0.2) is 0 Å². The van der Waals surface area contributed by atoms with Crippen LogP contribution in [0.2, 0.25) is 0 Å². The quantitative estimate of drug-likeness (QED) is 0.112. The van der Waals surface area contributed by atoms with Crippen LogP contribution in [0.15, 0.2) is 24.3 Å². The minimum absolute atomic E-state index is 0.199. The first-order chi connectivity index (χ1) is 19.3. The number of likely N-dealkylation sites (N-methyl/N-ethyl adjacent to an activating group) is 1. The van der Waals surface area contributed by atoms with Crippen molar-refractivity contribution in [3.63, 3.8) is 0 Å². The van der Waals surface area contributed by atoms with Crippen LogP contribution in [-0.4, -0.2) is 125 Å². The van der Waals surface area contributed by atoms with E-state index in [4.69, 9.17) is 37.9 Å². The molecule has 39 heavy (non-hydrogen) atoms. The zero-order valence-electron chi connectivity index (χ0n) is 23.9. The van der Waals surface area contributed by atoms with Crippen molar-refractivity contribution in [3.8, 4) is 0 Å². The number of nitrogens with one attached hydrogen (secondary N) is 2. The first-order valence-electron chi connectivity index (χ1n) is 14.0. The lowest BCUT2D eigenvalue weighted by atomic mass is 10.2. The SMILES string of the molecule is CCCCNc1ccc(C(=O)OCCOCCOCCOCCOCCOCCOCCOCCNC)cc1. The smallest absolute Gasteiger partial charge is 0.338 e. The molecule has 1 rings (SSSR count). The number of benzene rings is 1. The van der Waals surface area contributed by atoms with Crippen molar-refractivity contribution in [2.45, 2.75) is 19.8 Å². The maximum absolute atomic E-state index is 12.1. The number of hydrogen-bond donors (Lipinski definition) is 2. The van der Waals surface area contributed by atoms with Gasteiger partial charge in [-0.25, -0.2) is 4.79 Å². The van der Waals surface area contributed by atoms with Gasteiger partial charge < -0.3 is 48.5 Å². The summed E-state index contributed by atoms with van der Waals surface area (Å²) in [6.07, 6.45) is 2.25. The Morgan fingerprint density at radius 3 is 1.41 bits per heavy atom. The van der Waals surface area contributed by atoms with Crippen molar-refractivity contribution in [2.24, 2.45) is 0 Å². The molecule has 0 aliphatic rings. The highest BCUT2D eigenvalue weighted by Crippen LogP contribution is 2.10. The van der Waals surface area contributed by atoms with Gasteiger partial charge >= 0.3 is 5.97 Å². The van der Waals surface area contributed by atoms with Crippen molar-refractivity contribution in [3.05, 3.63) is 29.8 Å². The molecule has 0 amide bonds. The molecule has 0 fully saturated rings. The standard InChI is InChI=1S/C28H50N2O9/c1-3-4-9-30-27-7-5-26(6-8-27)28(31)39-25-24-38-23-22-37-21-20-36-19-18-35-17-16-34-15-14-33-13-12-32-11-10-29-2/h5-8,29-30H,3-4,9-25H2,1-2H3. The molecule has 0 aliphatic heterocycles. The van der Waals surface area contributed by atoms with Gasteiger partial charge in [-0.15, -0.1) is 0 Å². The van der Waals surface area contributed by atoms with E-state index in [1.807, 2.05) is 19.2 Å². The van der Waals surface area contributed by atoms with Crippen LogP contribution >= 0.6 is 0 Å². The first-order valence-corrected chi connectivity index (χ1v) is 14.0. The number of carbonyl (C=O) groups is 1. The summed E-state index contributed by atoms with van der Waals surface area (Å²) in [7, 11) is 1.89. The zero-order valence-corrected chi connectivity index (χ0v) is 23.9. The monoisotopic (exact) mass is 558 g/mol. The largest absolute Gasteiger partial charge is 0.460 e. The van der Waals surface area contributed by atoms with Gasteiger partial charge in [-0.05, 0) is 37.7 Å². The second kappa shape index (κ2) is 27.7. The number of hydrogen-bond acceptors (Lipinski definition) is 11. The predicted octanol–water partition coefficient (Wildman–Crippen LogP) is 2.39. The van der Waals surface area contributed by atoms with Crippen LogP contribution in [0, 0.1) is 0 Å². The van der Waals surface area contributed by atoms with Gasteiger partial charge in [0.1, 0.15) is 6.61 Å². The number of rotatable bonds is 29. The fourth-order valence-corrected chi connectivity index (χ4v) is 3.01. The number of unbranched alkanes of at least 4 members (excludes halogenated alkanes) is 1. The molecule has 1 aromatic rings. The Kier molecular flexibility index (Phi) is 25.0. The summed E-state index contributed by atoms with van der Waals surface area (Å²) in [6.45, 7) is 11.3. The number of anilines is 1. The molecule has 226 valence electrons. The Morgan fingerprint density at radius 1 is 0.590 bits per heavy atom. The molecule has 0 aliphatic carbocycles. The molecular weight excluding hydrogens is 508 g/mol. The third-order valence-electron chi connectivity index (χ3n) is 5.17. The molecule has 2 N–H and O–H groups in total. The Hall–Kier alpha value is -1.83. The summed E-state index contributed by atoms with van der Waals surface area (Å²) in [6, 6.07) is 7.30. The van der Waals surface area contributed by atoms with E-state index in [0.29, 0.717) is 98.1 Å². The van der Waals surface area contributed by atoms with Crippen molar-refractivity contribution in [1.82, 2.24) is 5.32 Å². The second-order valence-corrected chi connectivity index (χ2v) is 8.38. The minimum atomic E-state index is -0.355. The Labute approximate surface area is 234 Å². The summed E-state index contributed by atoms with van der Waals surface area (Å²) >= 11 is 0. The van der Waals surface area contributed by atoms with Crippen LogP contribution < -0.4 is 10.6 Å². The van der Waals surface area contributed by atoms with Crippen molar-refractivity contribution in [2.75, 3.05) is 125 Å². The lowest BCUT2D eigenvalue weighted by Crippen LogP contribution is -2.17. The molecule has 0 radical (unpaired) electrons. The van der Waals surface area contributed by atoms with E-state index in [-0.39, 0.29) is 12.6 Å². The molecule has 0 aromatic heterocycles. The molecule has 0 bridgehead atoms. The maximum atomic E-state index is 12.1. The van der Waals surface area contributed by atoms with E-state index in [1.54, 1.807) is 12.1 Å². The van der Waals surface area contributed by atoms with Crippen molar-refractivity contribution in [1.29, 1.82) is 0 Å². The van der Waals surface area contributed by atoms with Gasteiger partial charge in [0, 0.05) is 18.8 Å². The molecule has 11 heteroatoms. The normalized spacial score (nSPS) is 11.1. The van der Waals surface area contributed by atoms with Crippen LogP contribution in [0.3, 0.4) is 0 Å². The summed E-state index contributed by atoms with van der Waals surface area (Å²) in [5.74, 6) is -0.355. The number of carbonyl (C=O) groups excluding carboxylic acids is 1. The molecule has 0 unspecified atom stereocenters. The average molecular weight is 559 g/mol. The molecule has 11 nitrogen and oxygen atoms in total. The van der Waals surface area contributed by atoms with Gasteiger partial charge in [-0.2, -0.15) is 0 Å². The molecule has 0 atom stereocenters. The topological polar surface area (TPSA) is 115 Å². The molecular formula is C28H50N2O9. The van der Waals surface area contributed by atoms with Gasteiger partial charge in [0.05, 0.1) is 98.1 Å². The molecule has 0 saturated heterocycles. The highest BCUT2D eigenvalue weighted by Gasteiger charge is 2.06. The molecule has 0 spiro atoms. The highest BCUT2D eigenvalue weighted by molar-refractivity contribution is 5.89. The highest BCUT2D eigenvalue weighted by atomic mass is 16.6. The fraction of sp³-hybridized carbons (Fsp3) is 0.750. The average Bonchev–Trinajstić information content (AvgIpc) is 2.95. The Bertz CT molecular complexity index is 665. The van der Waals surface area contributed by atoms with Crippen LogP contribution in [0.4, 0.5) is 5.69 Å². The van der Waals surface area contributed by atoms with Gasteiger partial charge in [-0.3, -0.25) is 0 Å². The van der Waals surface area contributed by atoms with Gasteiger partial charge in [-0.1, -0.05) is 13.3 Å². The fourth-order valence-electron chi connectivity index (χ4n) is 3.01. The lowest BCUT2D eigenvalue weighted by molar-refractivity contribution is -0.0221. The molecule has 1 aromatic carbocycles. The lowest BCUT2D eigenvalue weighted by Gasteiger charge is -2.09. The Balaban J connectivity index is 1.77. The maximum Gasteiger partial charge on any atom is 0.338 e. The molecule has 0 saturated carbocycles. The van der Waals surface area contributed by atoms with Crippen LogP contribution in [0.5, 0.6) is 0 Å². The summed E-state index contributed by atoms with van der Waals surface area (Å²) in [4.78, 5) is 12.1. The minimum Gasteiger partial charge on any atom is -0.460 e. The first kappa shape index (κ1) is 35.2. The summed E-state index contributed by atoms with van der Waals surface area (Å²) < 4.78 is 43.2. The van der Waals surface area contributed by atoms with Crippen LogP contribution in [0.1, 0.15) is 30.1 Å². The molecule has 0 heterocycles.